The highest BCUT2D eigenvalue weighted by Gasteiger charge is 2.33. The number of carbonyl (C=O) groups is 3. The highest BCUT2D eigenvalue weighted by atomic mass is 35.5. The second kappa shape index (κ2) is 10.8. The standard InChI is InChI=1S/C22H25N3O4.ClH/c1-29-22(28)18-12-5-6-13-25(18)21(27)16-10-7-11-17(14-16)24-20(26)19(23)15-8-3-2-4-9-15;/h2-4,7-11,14,18-19H,5-6,12-13,23H2,1H3,(H,24,26);1H. The van der Waals surface area contributed by atoms with Crippen LogP contribution in [0.1, 0.15) is 41.2 Å². The van der Waals surface area contributed by atoms with Crippen molar-refractivity contribution in [2.45, 2.75) is 31.3 Å². The first-order valence-corrected chi connectivity index (χ1v) is 9.61. The summed E-state index contributed by atoms with van der Waals surface area (Å²) in [6.07, 6.45) is 2.29. The smallest absolute Gasteiger partial charge is 0.328 e. The van der Waals surface area contributed by atoms with E-state index in [1.807, 2.05) is 18.2 Å². The van der Waals surface area contributed by atoms with Crippen LogP contribution in [-0.4, -0.2) is 42.4 Å². The summed E-state index contributed by atoms with van der Waals surface area (Å²) in [5, 5.41) is 2.76. The fourth-order valence-electron chi connectivity index (χ4n) is 3.48. The fourth-order valence-corrected chi connectivity index (χ4v) is 3.48. The molecule has 2 aromatic carbocycles. The van der Waals surface area contributed by atoms with Crippen molar-refractivity contribution in [3.63, 3.8) is 0 Å². The molecule has 1 fully saturated rings. The Labute approximate surface area is 182 Å². The number of hydrogen-bond acceptors (Lipinski definition) is 5. The number of likely N-dealkylation sites (tertiary alicyclic amines) is 1. The van der Waals surface area contributed by atoms with E-state index in [-0.39, 0.29) is 24.2 Å². The number of ether oxygens (including phenoxy) is 1. The predicted octanol–water partition coefficient (Wildman–Crippen LogP) is 2.91. The monoisotopic (exact) mass is 431 g/mol. The summed E-state index contributed by atoms with van der Waals surface area (Å²) in [4.78, 5) is 39.1. The van der Waals surface area contributed by atoms with Gasteiger partial charge in [0.15, 0.2) is 0 Å². The van der Waals surface area contributed by atoms with Crippen LogP contribution in [-0.2, 0) is 14.3 Å². The number of amides is 2. The first-order valence-electron chi connectivity index (χ1n) is 9.61. The average Bonchev–Trinajstić information content (AvgIpc) is 2.78. The molecular weight excluding hydrogens is 406 g/mol. The Bertz CT molecular complexity index is 891. The van der Waals surface area contributed by atoms with E-state index in [1.54, 1.807) is 41.3 Å². The van der Waals surface area contributed by atoms with Gasteiger partial charge in [-0.1, -0.05) is 36.4 Å². The van der Waals surface area contributed by atoms with E-state index in [0.717, 1.165) is 12.8 Å². The van der Waals surface area contributed by atoms with E-state index >= 15 is 0 Å². The zero-order valence-electron chi connectivity index (χ0n) is 16.7. The first-order chi connectivity index (χ1) is 14.0. The first kappa shape index (κ1) is 23.4. The van der Waals surface area contributed by atoms with Crippen LogP contribution in [0.15, 0.2) is 54.6 Å². The molecule has 0 aliphatic carbocycles. The third-order valence-electron chi connectivity index (χ3n) is 5.06. The van der Waals surface area contributed by atoms with Gasteiger partial charge < -0.3 is 20.7 Å². The van der Waals surface area contributed by atoms with E-state index in [0.29, 0.717) is 29.8 Å². The molecule has 0 radical (unpaired) electrons. The zero-order chi connectivity index (χ0) is 20.8. The molecule has 2 unspecified atom stereocenters. The quantitative estimate of drug-likeness (QED) is 0.708. The van der Waals surface area contributed by atoms with Gasteiger partial charge in [0.1, 0.15) is 12.1 Å². The van der Waals surface area contributed by atoms with Gasteiger partial charge in [0.05, 0.1) is 7.11 Å². The van der Waals surface area contributed by atoms with E-state index in [9.17, 15) is 14.4 Å². The molecule has 2 atom stereocenters. The van der Waals surface area contributed by atoms with Crippen molar-refractivity contribution in [1.29, 1.82) is 0 Å². The highest BCUT2D eigenvalue weighted by molar-refractivity contribution is 6.00. The Morgan fingerprint density at radius 2 is 1.83 bits per heavy atom. The van der Waals surface area contributed by atoms with Crippen molar-refractivity contribution in [3.05, 3.63) is 65.7 Å². The molecule has 1 saturated heterocycles. The number of anilines is 1. The Morgan fingerprint density at radius 3 is 2.53 bits per heavy atom. The Balaban J connectivity index is 0.00000320. The molecule has 0 bridgehead atoms. The SMILES string of the molecule is COC(=O)C1CCCCN1C(=O)c1cccc(NC(=O)C(N)c2ccccc2)c1.Cl. The van der Waals surface area contributed by atoms with Crippen LogP contribution in [0.4, 0.5) is 5.69 Å². The van der Waals surface area contributed by atoms with E-state index in [2.05, 4.69) is 5.32 Å². The molecule has 1 aliphatic rings. The van der Waals surface area contributed by atoms with Crippen LogP contribution in [0.2, 0.25) is 0 Å². The Kier molecular flexibility index (Phi) is 8.38. The van der Waals surface area contributed by atoms with Gasteiger partial charge in [0, 0.05) is 17.8 Å². The molecule has 0 spiro atoms. The summed E-state index contributed by atoms with van der Waals surface area (Å²) >= 11 is 0. The zero-order valence-corrected chi connectivity index (χ0v) is 17.6. The number of piperidine rings is 1. The molecule has 3 rings (SSSR count). The van der Waals surface area contributed by atoms with Crippen LogP contribution in [0.3, 0.4) is 0 Å². The van der Waals surface area contributed by atoms with Crippen LogP contribution in [0.5, 0.6) is 0 Å². The van der Waals surface area contributed by atoms with Gasteiger partial charge in [-0.25, -0.2) is 4.79 Å². The van der Waals surface area contributed by atoms with E-state index in [1.165, 1.54) is 7.11 Å². The summed E-state index contributed by atoms with van der Waals surface area (Å²) in [6, 6.07) is 14.3. The lowest BCUT2D eigenvalue weighted by Gasteiger charge is -2.33. The van der Waals surface area contributed by atoms with Crippen molar-refractivity contribution in [2.24, 2.45) is 5.73 Å². The molecule has 0 saturated carbocycles. The summed E-state index contributed by atoms with van der Waals surface area (Å²) in [5.74, 6) is -1.04. The average molecular weight is 432 g/mol. The van der Waals surface area contributed by atoms with Gasteiger partial charge in [-0.05, 0) is 43.0 Å². The topological polar surface area (TPSA) is 102 Å². The molecular formula is C22H26ClN3O4. The molecule has 2 aromatic rings. The summed E-state index contributed by atoms with van der Waals surface area (Å²) < 4.78 is 4.85. The fraction of sp³-hybridized carbons (Fsp3) is 0.318. The van der Waals surface area contributed by atoms with Crippen LogP contribution < -0.4 is 11.1 Å². The van der Waals surface area contributed by atoms with Crippen molar-refractivity contribution in [2.75, 3.05) is 19.0 Å². The molecule has 3 N–H and O–H groups in total. The molecule has 160 valence electrons. The maximum atomic E-state index is 13.0. The normalized spacial score (nSPS) is 16.7. The lowest BCUT2D eigenvalue weighted by atomic mass is 10.0. The van der Waals surface area contributed by atoms with Gasteiger partial charge in [-0.3, -0.25) is 9.59 Å². The number of nitrogens with two attached hydrogens (primary N) is 1. The highest BCUT2D eigenvalue weighted by Crippen LogP contribution is 2.22. The lowest BCUT2D eigenvalue weighted by molar-refractivity contribution is -0.147. The number of methoxy groups -OCH3 is 1. The van der Waals surface area contributed by atoms with Crippen molar-refractivity contribution >= 4 is 35.9 Å². The third-order valence-corrected chi connectivity index (χ3v) is 5.06. The molecule has 8 heteroatoms. The largest absolute Gasteiger partial charge is 0.467 e. The predicted molar refractivity (Wildman–Crippen MR) is 116 cm³/mol. The summed E-state index contributed by atoms with van der Waals surface area (Å²) in [6.45, 7) is 0.494. The lowest BCUT2D eigenvalue weighted by Crippen LogP contribution is -2.48. The number of esters is 1. The van der Waals surface area contributed by atoms with Gasteiger partial charge in [-0.2, -0.15) is 0 Å². The maximum Gasteiger partial charge on any atom is 0.328 e. The third kappa shape index (κ3) is 5.37. The number of halogens is 1. The molecule has 0 aromatic heterocycles. The minimum absolute atomic E-state index is 0. The minimum atomic E-state index is -0.818. The molecule has 2 amide bonds. The van der Waals surface area contributed by atoms with Crippen LogP contribution in [0, 0.1) is 0 Å². The molecule has 7 nitrogen and oxygen atoms in total. The number of nitrogens with zero attached hydrogens (tertiary/aromatic N) is 1. The van der Waals surface area contributed by atoms with E-state index in [4.69, 9.17) is 10.5 Å². The molecule has 30 heavy (non-hydrogen) atoms. The minimum Gasteiger partial charge on any atom is -0.467 e. The van der Waals surface area contributed by atoms with Gasteiger partial charge >= 0.3 is 5.97 Å². The molecule has 1 aliphatic heterocycles. The summed E-state index contributed by atoms with van der Waals surface area (Å²) in [5.41, 5.74) is 7.60. The second-order valence-corrected chi connectivity index (χ2v) is 6.99. The number of benzene rings is 2. The number of nitrogens with one attached hydrogen (secondary N) is 1. The molecule has 1 heterocycles. The Hall–Kier alpha value is -2.90. The second-order valence-electron chi connectivity index (χ2n) is 6.99. The van der Waals surface area contributed by atoms with Crippen molar-refractivity contribution in [1.82, 2.24) is 4.90 Å². The van der Waals surface area contributed by atoms with Crippen molar-refractivity contribution < 1.29 is 19.1 Å². The maximum absolute atomic E-state index is 13.0. The van der Waals surface area contributed by atoms with Crippen molar-refractivity contribution in [3.8, 4) is 0 Å². The number of hydrogen-bond donors (Lipinski definition) is 2. The van der Waals surface area contributed by atoms with Crippen LogP contribution in [0.25, 0.3) is 0 Å². The van der Waals surface area contributed by atoms with E-state index < -0.39 is 18.1 Å². The Morgan fingerprint density at radius 1 is 1.10 bits per heavy atom. The van der Waals surface area contributed by atoms with Gasteiger partial charge in [0.25, 0.3) is 5.91 Å². The van der Waals surface area contributed by atoms with Gasteiger partial charge in [0.2, 0.25) is 5.91 Å². The number of carbonyl (C=O) groups excluding carboxylic acids is 3. The van der Waals surface area contributed by atoms with Crippen LogP contribution >= 0.6 is 12.4 Å². The van der Waals surface area contributed by atoms with Gasteiger partial charge in [-0.15, -0.1) is 12.4 Å². The number of rotatable bonds is 5. The summed E-state index contributed by atoms with van der Waals surface area (Å²) in [7, 11) is 1.33.